The number of amides is 1. The van der Waals surface area contributed by atoms with Crippen LogP contribution in [0.25, 0.3) is 11.1 Å². The molecule has 3 rings (SSSR count). The number of carbonyl (C=O) groups is 2. The van der Waals surface area contributed by atoms with Gasteiger partial charge in [-0.3, -0.25) is 9.59 Å². The molecule has 30 heavy (non-hydrogen) atoms. The van der Waals surface area contributed by atoms with Crippen molar-refractivity contribution >= 4 is 17.4 Å². The van der Waals surface area contributed by atoms with Gasteiger partial charge in [-0.05, 0) is 48.4 Å². The second-order valence-corrected chi connectivity index (χ2v) is 6.76. The van der Waals surface area contributed by atoms with E-state index in [9.17, 15) is 9.59 Å². The maximum atomic E-state index is 13.5. The highest BCUT2D eigenvalue weighted by atomic mass is 16.5. The van der Waals surface area contributed by atoms with Gasteiger partial charge < -0.3 is 24.5 Å². The van der Waals surface area contributed by atoms with Crippen LogP contribution < -0.4 is 19.5 Å². The number of ketones is 1. The second-order valence-electron chi connectivity index (χ2n) is 6.76. The number of hydrogen-bond acceptors (Lipinski definition) is 5. The molecule has 1 amide bonds. The van der Waals surface area contributed by atoms with Crippen molar-refractivity contribution in [1.29, 1.82) is 0 Å². The van der Waals surface area contributed by atoms with Crippen molar-refractivity contribution in [3.05, 3.63) is 59.4 Å². The molecule has 0 aliphatic carbocycles. The third-order valence-corrected chi connectivity index (χ3v) is 4.66. The third-order valence-electron chi connectivity index (χ3n) is 4.66. The maximum Gasteiger partial charge on any atom is 0.221 e. The molecular weight excluding hydrogens is 384 g/mol. The Morgan fingerprint density at radius 1 is 0.900 bits per heavy atom. The van der Waals surface area contributed by atoms with Gasteiger partial charge in [-0.25, -0.2) is 0 Å². The van der Waals surface area contributed by atoms with Crippen LogP contribution in [0.5, 0.6) is 17.2 Å². The van der Waals surface area contributed by atoms with Crippen LogP contribution in [-0.2, 0) is 4.79 Å². The van der Waals surface area contributed by atoms with Crippen LogP contribution in [0, 0.1) is 6.92 Å². The van der Waals surface area contributed by atoms with Crippen LogP contribution in [0.3, 0.4) is 0 Å². The number of ether oxygens (including phenoxy) is 3. The van der Waals surface area contributed by atoms with Crippen molar-refractivity contribution < 1.29 is 23.8 Å². The molecule has 156 valence electrons. The summed E-state index contributed by atoms with van der Waals surface area (Å²) in [6.45, 7) is 3.36. The fourth-order valence-corrected chi connectivity index (χ4v) is 3.25. The summed E-state index contributed by atoms with van der Waals surface area (Å²) in [5.74, 6) is 0.596. The van der Waals surface area contributed by atoms with E-state index in [1.807, 2.05) is 25.3 Å². The summed E-state index contributed by atoms with van der Waals surface area (Å²) >= 11 is 0. The first kappa shape index (κ1) is 21.0. The van der Waals surface area contributed by atoms with Gasteiger partial charge in [0.15, 0.2) is 17.3 Å². The molecule has 0 saturated heterocycles. The number of rotatable bonds is 7. The molecule has 0 radical (unpaired) electrons. The van der Waals surface area contributed by atoms with Crippen molar-refractivity contribution in [3.8, 4) is 28.4 Å². The van der Waals surface area contributed by atoms with E-state index in [2.05, 4.69) is 10.3 Å². The molecule has 0 fully saturated rings. The molecule has 0 aliphatic heterocycles. The van der Waals surface area contributed by atoms with Gasteiger partial charge in [0, 0.05) is 29.9 Å². The Kier molecular flexibility index (Phi) is 6.11. The molecule has 0 atom stereocenters. The minimum atomic E-state index is -0.285. The average molecular weight is 408 g/mol. The van der Waals surface area contributed by atoms with Crippen molar-refractivity contribution in [2.45, 2.75) is 13.8 Å². The first-order chi connectivity index (χ1) is 14.4. The van der Waals surface area contributed by atoms with Gasteiger partial charge in [-0.15, -0.1) is 0 Å². The van der Waals surface area contributed by atoms with E-state index in [1.54, 1.807) is 24.3 Å². The number of methoxy groups -OCH3 is 3. The molecule has 0 bridgehead atoms. The van der Waals surface area contributed by atoms with Crippen LogP contribution in [0.4, 0.5) is 5.69 Å². The normalized spacial score (nSPS) is 10.4. The molecule has 7 heteroatoms. The summed E-state index contributed by atoms with van der Waals surface area (Å²) in [6.07, 6.45) is 1.87. The molecule has 7 nitrogen and oxygen atoms in total. The number of carbonyl (C=O) groups excluding carboxylic acids is 2. The van der Waals surface area contributed by atoms with Gasteiger partial charge in [0.1, 0.15) is 0 Å². The van der Waals surface area contributed by atoms with Crippen LogP contribution in [0.2, 0.25) is 0 Å². The lowest BCUT2D eigenvalue weighted by molar-refractivity contribution is -0.114. The Balaban J connectivity index is 2.14. The van der Waals surface area contributed by atoms with E-state index < -0.39 is 0 Å². The molecule has 0 spiro atoms. The largest absolute Gasteiger partial charge is 0.493 e. The number of aromatic nitrogens is 1. The molecular formula is C23H24N2O5. The van der Waals surface area contributed by atoms with Crippen LogP contribution >= 0.6 is 0 Å². The Morgan fingerprint density at radius 2 is 1.57 bits per heavy atom. The lowest BCUT2D eigenvalue weighted by Crippen LogP contribution is -2.12. The highest BCUT2D eigenvalue weighted by Gasteiger charge is 2.21. The predicted molar refractivity (Wildman–Crippen MR) is 115 cm³/mol. The Hall–Kier alpha value is -3.74. The minimum Gasteiger partial charge on any atom is -0.493 e. The summed E-state index contributed by atoms with van der Waals surface area (Å²) in [5.41, 5.74) is 3.94. The van der Waals surface area contributed by atoms with E-state index in [4.69, 9.17) is 14.2 Å². The fraction of sp³-hybridized carbons (Fsp3) is 0.217. The van der Waals surface area contributed by atoms with E-state index in [0.717, 1.165) is 16.8 Å². The van der Waals surface area contributed by atoms with Gasteiger partial charge in [-0.1, -0.05) is 6.07 Å². The molecule has 2 aromatic carbocycles. The number of aryl methyl sites for hydroxylation is 1. The van der Waals surface area contributed by atoms with Crippen molar-refractivity contribution in [2.75, 3.05) is 26.6 Å². The summed E-state index contributed by atoms with van der Waals surface area (Å²) < 4.78 is 16.1. The van der Waals surface area contributed by atoms with E-state index in [-0.39, 0.29) is 11.7 Å². The second kappa shape index (κ2) is 8.73. The SMILES string of the molecule is COc1cc(C(=O)c2cc(-c3c[nH]c(C)c3)ccc2NC(C)=O)cc(OC)c1OC. The van der Waals surface area contributed by atoms with Gasteiger partial charge in [0.05, 0.1) is 27.0 Å². The molecule has 1 aromatic heterocycles. The van der Waals surface area contributed by atoms with Gasteiger partial charge in [-0.2, -0.15) is 0 Å². The van der Waals surface area contributed by atoms with Crippen molar-refractivity contribution in [3.63, 3.8) is 0 Å². The van der Waals surface area contributed by atoms with E-state index in [1.165, 1.54) is 28.3 Å². The highest BCUT2D eigenvalue weighted by Crippen LogP contribution is 2.39. The maximum absolute atomic E-state index is 13.5. The average Bonchev–Trinajstić information content (AvgIpc) is 3.18. The zero-order valence-electron chi connectivity index (χ0n) is 17.6. The van der Waals surface area contributed by atoms with E-state index >= 15 is 0 Å². The molecule has 1 heterocycles. The third kappa shape index (κ3) is 4.15. The number of nitrogens with one attached hydrogen (secondary N) is 2. The minimum absolute atomic E-state index is 0.265. The van der Waals surface area contributed by atoms with Crippen LogP contribution in [0.15, 0.2) is 42.6 Å². The molecule has 3 aromatic rings. The number of anilines is 1. The van der Waals surface area contributed by atoms with Crippen LogP contribution in [0.1, 0.15) is 28.5 Å². The number of aromatic amines is 1. The smallest absolute Gasteiger partial charge is 0.221 e. The monoisotopic (exact) mass is 408 g/mol. The Morgan fingerprint density at radius 3 is 2.07 bits per heavy atom. The molecule has 0 aliphatic rings. The van der Waals surface area contributed by atoms with Crippen LogP contribution in [-0.4, -0.2) is 38.0 Å². The summed E-state index contributed by atoms with van der Waals surface area (Å²) in [7, 11) is 4.48. The van der Waals surface area contributed by atoms with Crippen molar-refractivity contribution in [1.82, 2.24) is 4.98 Å². The lowest BCUT2D eigenvalue weighted by atomic mass is 9.96. The lowest BCUT2D eigenvalue weighted by Gasteiger charge is -2.15. The number of H-pyrrole nitrogens is 1. The first-order valence-electron chi connectivity index (χ1n) is 9.29. The van der Waals surface area contributed by atoms with Gasteiger partial charge in [0.2, 0.25) is 11.7 Å². The van der Waals surface area contributed by atoms with Gasteiger partial charge in [0.25, 0.3) is 0 Å². The highest BCUT2D eigenvalue weighted by molar-refractivity contribution is 6.14. The first-order valence-corrected chi connectivity index (χ1v) is 9.29. The molecule has 0 saturated carbocycles. The summed E-state index contributed by atoms with van der Waals surface area (Å²) in [4.78, 5) is 28.3. The quantitative estimate of drug-likeness (QED) is 0.572. The Bertz CT molecular complexity index is 1080. The topological polar surface area (TPSA) is 89.7 Å². The van der Waals surface area contributed by atoms with E-state index in [0.29, 0.717) is 34.1 Å². The zero-order chi connectivity index (χ0) is 21.8. The van der Waals surface area contributed by atoms with Gasteiger partial charge >= 0.3 is 0 Å². The molecule has 2 N–H and O–H groups in total. The van der Waals surface area contributed by atoms with Crippen molar-refractivity contribution in [2.24, 2.45) is 0 Å². The summed E-state index contributed by atoms with van der Waals surface area (Å²) in [6, 6.07) is 10.5. The zero-order valence-corrected chi connectivity index (χ0v) is 17.6. The molecule has 0 unspecified atom stereocenters. The Labute approximate surface area is 175 Å². The number of hydrogen-bond donors (Lipinski definition) is 2. The fourth-order valence-electron chi connectivity index (χ4n) is 3.25. The predicted octanol–water partition coefficient (Wildman–Crippen LogP) is 4.21. The summed E-state index contributed by atoms with van der Waals surface area (Å²) in [5, 5.41) is 2.73. The standard InChI is InChI=1S/C23H24N2O5/c1-13-8-17(12-24-13)15-6-7-19(25-14(2)26)18(9-15)22(27)16-10-20(28-3)23(30-5)21(11-16)29-4/h6-12,24H,1-5H3,(H,25,26). The number of benzene rings is 2.